The van der Waals surface area contributed by atoms with Gasteiger partial charge in [0.2, 0.25) is 0 Å². The second kappa shape index (κ2) is 5.60. The molecule has 3 heteroatoms. The molecule has 0 amide bonds. The molecule has 3 nitrogen and oxygen atoms in total. The number of hydrogen-bond donors (Lipinski definition) is 0. The summed E-state index contributed by atoms with van der Waals surface area (Å²) < 4.78 is 5.73. The van der Waals surface area contributed by atoms with Crippen LogP contribution in [-0.2, 0) is 16.1 Å². The first kappa shape index (κ1) is 13.0. The van der Waals surface area contributed by atoms with Gasteiger partial charge in [0.15, 0.2) is 6.29 Å². The number of ether oxygens (including phenoxy) is 1. The standard InChI is InChI=1S/C18H19NO2/c1-3-7-14(8-4-1)13-19-17(15-9-5-2-6-10-15)16-11-12-20-18(16)21-19/h1-10,16-18H,11-13H2/t16-,17-,18+/m0/s1. The van der Waals surface area contributed by atoms with E-state index in [1.165, 1.54) is 11.1 Å². The van der Waals surface area contributed by atoms with Crippen LogP contribution in [0.15, 0.2) is 60.7 Å². The van der Waals surface area contributed by atoms with Crippen molar-refractivity contribution in [3.8, 4) is 0 Å². The summed E-state index contributed by atoms with van der Waals surface area (Å²) in [5.74, 6) is 0.427. The SMILES string of the molecule is c1ccc(CN2O[C@H]3OCC[C@H]3[C@@H]2c2ccccc2)cc1. The van der Waals surface area contributed by atoms with Crippen molar-refractivity contribution < 1.29 is 9.57 Å². The summed E-state index contributed by atoms with van der Waals surface area (Å²) >= 11 is 0. The fraction of sp³-hybridized carbons (Fsp3) is 0.333. The highest BCUT2D eigenvalue weighted by Crippen LogP contribution is 2.45. The third-order valence-electron chi connectivity index (χ3n) is 4.36. The van der Waals surface area contributed by atoms with E-state index in [0.29, 0.717) is 5.92 Å². The lowest BCUT2D eigenvalue weighted by Gasteiger charge is -2.25. The molecule has 108 valence electrons. The van der Waals surface area contributed by atoms with Crippen molar-refractivity contribution >= 4 is 0 Å². The molecule has 2 aliphatic heterocycles. The summed E-state index contributed by atoms with van der Waals surface area (Å²) in [6.45, 7) is 1.59. The van der Waals surface area contributed by atoms with Crippen LogP contribution in [0.2, 0.25) is 0 Å². The molecule has 0 spiro atoms. The molecular formula is C18H19NO2. The first-order valence-electron chi connectivity index (χ1n) is 7.56. The largest absolute Gasteiger partial charge is 0.350 e. The van der Waals surface area contributed by atoms with Gasteiger partial charge in [0.05, 0.1) is 12.6 Å². The molecule has 2 saturated heterocycles. The van der Waals surface area contributed by atoms with Gasteiger partial charge in [0, 0.05) is 12.5 Å². The summed E-state index contributed by atoms with van der Waals surface area (Å²) in [6, 6.07) is 21.4. The Hall–Kier alpha value is -1.68. The molecule has 0 aromatic heterocycles. The minimum Gasteiger partial charge on any atom is -0.350 e. The van der Waals surface area contributed by atoms with Crippen molar-refractivity contribution in [2.75, 3.05) is 6.61 Å². The Labute approximate surface area is 125 Å². The van der Waals surface area contributed by atoms with Crippen LogP contribution >= 0.6 is 0 Å². The third kappa shape index (κ3) is 2.48. The Morgan fingerprint density at radius 1 is 0.952 bits per heavy atom. The van der Waals surface area contributed by atoms with E-state index in [0.717, 1.165) is 19.6 Å². The van der Waals surface area contributed by atoms with Gasteiger partial charge in [-0.2, -0.15) is 5.06 Å². The maximum absolute atomic E-state index is 6.07. The van der Waals surface area contributed by atoms with Gasteiger partial charge >= 0.3 is 0 Å². The van der Waals surface area contributed by atoms with Gasteiger partial charge in [-0.1, -0.05) is 60.7 Å². The highest BCUT2D eigenvalue weighted by molar-refractivity contribution is 5.22. The Bertz CT molecular complexity index is 587. The maximum atomic E-state index is 6.07. The van der Waals surface area contributed by atoms with E-state index in [4.69, 9.17) is 9.57 Å². The first-order valence-corrected chi connectivity index (χ1v) is 7.56. The molecule has 2 aromatic carbocycles. The lowest BCUT2D eigenvalue weighted by molar-refractivity contribution is -0.238. The number of hydrogen-bond acceptors (Lipinski definition) is 3. The lowest BCUT2D eigenvalue weighted by Crippen LogP contribution is -2.24. The number of nitrogens with zero attached hydrogens (tertiary/aromatic N) is 1. The number of rotatable bonds is 3. The van der Waals surface area contributed by atoms with Crippen molar-refractivity contribution in [1.82, 2.24) is 5.06 Å². The second-order valence-corrected chi connectivity index (χ2v) is 5.71. The first-order chi connectivity index (χ1) is 10.4. The van der Waals surface area contributed by atoms with E-state index in [2.05, 4.69) is 59.7 Å². The van der Waals surface area contributed by atoms with Gasteiger partial charge in [-0.05, 0) is 17.5 Å². The molecule has 3 atom stereocenters. The van der Waals surface area contributed by atoms with Crippen LogP contribution in [0, 0.1) is 5.92 Å². The molecule has 0 saturated carbocycles. The summed E-state index contributed by atoms with van der Waals surface area (Å²) in [5.41, 5.74) is 2.57. The fourth-order valence-electron chi connectivity index (χ4n) is 3.37. The van der Waals surface area contributed by atoms with Gasteiger partial charge < -0.3 is 4.74 Å². The quantitative estimate of drug-likeness (QED) is 0.859. The number of hydroxylamine groups is 2. The van der Waals surface area contributed by atoms with Crippen molar-refractivity contribution in [2.45, 2.75) is 25.3 Å². The third-order valence-corrected chi connectivity index (χ3v) is 4.36. The fourth-order valence-corrected chi connectivity index (χ4v) is 3.37. The average Bonchev–Trinajstić information content (AvgIpc) is 3.09. The zero-order valence-electron chi connectivity index (χ0n) is 11.9. The Kier molecular flexibility index (Phi) is 3.47. The zero-order chi connectivity index (χ0) is 14.1. The Morgan fingerprint density at radius 2 is 1.67 bits per heavy atom. The molecule has 0 unspecified atom stereocenters. The van der Waals surface area contributed by atoms with Gasteiger partial charge in [-0.15, -0.1) is 0 Å². The van der Waals surface area contributed by atoms with Crippen molar-refractivity contribution in [3.63, 3.8) is 0 Å². The molecule has 0 bridgehead atoms. The van der Waals surface area contributed by atoms with Crippen LogP contribution in [0.4, 0.5) is 0 Å². The molecule has 0 aliphatic carbocycles. The van der Waals surface area contributed by atoms with Crippen LogP contribution in [0.25, 0.3) is 0 Å². The smallest absolute Gasteiger partial charge is 0.182 e. The molecule has 2 fully saturated rings. The summed E-state index contributed by atoms with van der Waals surface area (Å²) in [5, 5.41) is 2.10. The number of benzene rings is 2. The monoisotopic (exact) mass is 281 g/mol. The summed E-state index contributed by atoms with van der Waals surface area (Å²) in [4.78, 5) is 6.07. The molecule has 2 aliphatic rings. The Morgan fingerprint density at radius 3 is 2.43 bits per heavy atom. The number of fused-ring (bicyclic) bond motifs is 1. The normalized spacial score (nSPS) is 28.7. The van der Waals surface area contributed by atoms with E-state index < -0.39 is 0 Å². The van der Waals surface area contributed by atoms with Crippen molar-refractivity contribution in [3.05, 3.63) is 71.8 Å². The molecule has 2 aromatic rings. The molecule has 4 rings (SSSR count). The van der Waals surface area contributed by atoms with Crippen LogP contribution in [-0.4, -0.2) is 18.0 Å². The van der Waals surface area contributed by atoms with Crippen LogP contribution in [0.5, 0.6) is 0 Å². The maximum Gasteiger partial charge on any atom is 0.182 e. The molecular weight excluding hydrogens is 262 g/mol. The lowest BCUT2D eigenvalue weighted by atomic mass is 9.92. The topological polar surface area (TPSA) is 21.7 Å². The van der Waals surface area contributed by atoms with E-state index in [9.17, 15) is 0 Å². The summed E-state index contributed by atoms with van der Waals surface area (Å²) in [6.07, 6.45) is 0.981. The van der Waals surface area contributed by atoms with Crippen molar-refractivity contribution in [1.29, 1.82) is 0 Å². The molecule has 21 heavy (non-hydrogen) atoms. The summed E-state index contributed by atoms with van der Waals surface area (Å²) in [7, 11) is 0. The van der Waals surface area contributed by atoms with E-state index in [-0.39, 0.29) is 12.3 Å². The predicted molar refractivity (Wildman–Crippen MR) is 80.1 cm³/mol. The van der Waals surface area contributed by atoms with Gasteiger partial charge in [-0.3, -0.25) is 4.84 Å². The zero-order valence-corrected chi connectivity index (χ0v) is 11.9. The Balaban J connectivity index is 1.62. The van der Waals surface area contributed by atoms with Gasteiger partial charge in [0.25, 0.3) is 0 Å². The average molecular weight is 281 g/mol. The van der Waals surface area contributed by atoms with E-state index in [1.807, 2.05) is 6.07 Å². The molecule has 2 heterocycles. The van der Waals surface area contributed by atoms with Gasteiger partial charge in [-0.25, -0.2) is 0 Å². The highest BCUT2D eigenvalue weighted by Gasteiger charge is 2.47. The minimum atomic E-state index is -0.0843. The van der Waals surface area contributed by atoms with E-state index >= 15 is 0 Å². The van der Waals surface area contributed by atoms with Crippen LogP contribution in [0.1, 0.15) is 23.6 Å². The second-order valence-electron chi connectivity index (χ2n) is 5.71. The van der Waals surface area contributed by atoms with Gasteiger partial charge in [0.1, 0.15) is 0 Å². The van der Waals surface area contributed by atoms with Crippen LogP contribution < -0.4 is 0 Å². The van der Waals surface area contributed by atoms with Crippen molar-refractivity contribution in [2.24, 2.45) is 5.92 Å². The van der Waals surface area contributed by atoms with Crippen LogP contribution in [0.3, 0.4) is 0 Å². The molecule has 0 N–H and O–H groups in total. The minimum absolute atomic E-state index is 0.0843. The highest BCUT2D eigenvalue weighted by atomic mass is 16.8. The van der Waals surface area contributed by atoms with E-state index in [1.54, 1.807) is 0 Å². The molecule has 0 radical (unpaired) electrons. The predicted octanol–water partition coefficient (Wildman–Crippen LogP) is 3.54.